The van der Waals surface area contributed by atoms with Crippen LogP contribution in [0.1, 0.15) is 58.8 Å². The van der Waals surface area contributed by atoms with Gasteiger partial charge >= 0.3 is 5.97 Å². The smallest absolute Gasteiger partial charge is 0.338 e. The Labute approximate surface area is 152 Å². The molecule has 2 aromatic carbocycles. The Balaban J connectivity index is 1.77. The third-order valence-corrected chi connectivity index (χ3v) is 5.68. The molecule has 0 unspecified atom stereocenters. The monoisotopic (exact) mass is 351 g/mol. The molecule has 3 atom stereocenters. The normalized spacial score (nSPS) is 23.7. The molecule has 0 radical (unpaired) electrons. The van der Waals surface area contributed by atoms with E-state index in [2.05, 4.69) is 42.6 Å². The van der Waals surface area contributed by atoms with E-state index in [9.17, 15) is 9.18 Å². The molecular formula is C22H22FNO2. The minimum atomic E-state index is -1.23. The molecule has 4 heteroatoms. The lowest BCUT2D eigenvalue weighted by Crippen LogP contribution is -2.32. The van der Waals surface area contributed by atoms with E-state index in [4.69, 9.17) is 5.11 Å². The minimum Gasteiger partial charge on any atom is -0.478 e. The molecule has 2 aromatic rings. The van der Waals surface area contributed by atoms with Crippen LogP contribution in [0.15, 0.2) is 48.6 Å². The first kappa shape index (κ1) is 16.8. The molecule has 0 aromatic heterocycles. The van der Waals surface area contributed by atoms with E-state index in [1.54, 1.807) is 6.07 Å². The van der Waals surface area contributed by atoms with Gasteiger partial charge in [0, 0.05) is 11.6 Å². The summed E-state index contributed by atoms with van der Waals surface area (Å²) in [6.07, 6.45) is 7.55. The van der Waals surface area contributed by atoms with E-state index in [-0.39, 0.29) is 11.6 Å². The Morgan fingerprint density at radius 3 is 2.85 bits per heavy atom. The van der Waals surface area contributed by atoms with Crippen molar-refractivity contribution >= 4 is 11.7 Å². The largest absolute Gasteiger partial charge is 0.478 e. The fourth-order valence-corrected chi connectivity index (χ4v) is 4.30. The third-order valence-electron chi connectivity index (χ3n) is 5.68. The summed E-state index contributed by atoms with van der Waals surface area (Å²) in [4.78, 5) is 11.1. The zero-order chi connectivity index (χ0) is 18.3. The molecule has 0 spiro atoms. The average molecular weight is 351 g/mol. The molecule has 0 fully saturated rings. The fourth-order valence-electron chi connectivity index (χ4n) is 4.30. The van der Waals surface area contributed by atoms with Crippen molar-refractivity contribution in [1.29, 1.82) is 0 Å². The van der Waals surface area contributed by atoms with Gasteiger partial charge in [-0.2, -0.15) is 0 Å². The van der Waals surface area contributed by atoms with Crippen LogP contribution in [-0.4, -0.2) is 11.1 Å². The van der Waals surface area contributed by atoms with E-state index in [0.29, 0.717) is 11.8 Å². The lowest BCUT2D eigenvalue weighted by molar-refractivity contribution is 0.0692. The van der Waals surface area contributed by atoms with Crippen molar-refractivity contribution in [2.24, 2.45) is 5.92 Å². The molecular weight excluding hydrogens is 329 g/mol. The molecule has 4 rings (SSSR count). The summed E-state index contributed by atoms with van der Waals surface area (Å²) in [6, 6.07) is 11.0. The number of aromatic carboxylic acids is 1. The van der Waals surface area contributed by atoms with Gasteiger partial charge in [-0.1, -0.05) is 37.3 Å². The quantitative estimate of drug-likeness (QED) is 0.738. The molecule has 0 bridgehead atoms. The number of aryl methyl sites for hydroxylation is 1. The van der Waals surface area contributed by atoms with Crippen LogP contribution in [0.3, 0.4) is 0 Å². The topological polar surface area (TPSA) is 49.3 Å². The fraction of sp³-hybridized carbons (Fsp3) is 0.318. The van der Waals surface area contributed by atoms with Crippen LogP contribution in [0.2, 0.25) is 0 Å². The first-order chi connectivity index (χ1) is 12.6. The Kier molecular flexibility index (Phi) is 4.27. The maximum atomic E-state index is 14.3. The number of hydrogen-bond donors (Lipinski definition) is 2. The maximum absolute atomic E-state index is 14.3. The van der Waals surface area contributed by atoms with Gasteiger partial charge in [0.1, 0.15) is 5.82 Å². The van der Waals surface area contributed by atoms with Crippen LogP contribution in [0, 0.1) is 11.7 Å². The number of rotatable bonds is 3. The van der Waals surface area contributed by atoms with Crippen molar-refractivity contribution in [2.45, 2.75) is 38.1 Å². The summed E-state index contributed by atoms with van der Waals surface area (Å²) in [5, 5.41) is 12.7. The number of carboxylic acid groups (broad SMARTS) is 1. The highest BCUT2D eigenvalue weighted by atomic mass is 19.1. The number of benzene rings is 2. The molecule has 2 N–H and O–H groups in total. The molecule has 0 amide bonds. The summed E-state index contributed by atoms with van der Waals surface area (Å²) >= 11 is 0. The van der Waals surface area contributed by atoms with Crippen molar-refractivity contribution in [1.82, 2.24) is 0 Å². The Hall–Kier alpha value is -2.62. The zero-order valence-electron chi connectivity index (χ0n) is 14.7. The van der Waals surface area contributed by atoms with E-state index >= 15 is 0 Å². The van der Waals surface area contributed by atoms with Gasteiger partial charge in [0.25, 0.3) is 0 Å². The van der Waals surface area contributed by atoms with Crippen LogP contribution in [-0.2, 0) is 6.42 Å². The van der Waals surface area contributed by atoms with E-state index in [0.717, 1.165) is 30.5 Å². The van der Waals surface area contributed by atoms with Crippen molar-refractivity contribution in [3.05, 3.63) is 76.6 Å². The highest BCUT2D eigenvalue weighted by Gasteiger charge is 2.37. The summed E-state index contributed by atoms with van der Waals surface area (Å²) in [5.74, 6) is -1.28. The third kappa shape index (κ3) is 2.79. The highest BCUT2D eigenvalue weighted by molar-refractivity contribution is 5.88. The summed E-state index contributed by atoms with van der Waals surface area (Å²) in [6.45, 7) is 2.15. The molecule has 0 saturated carbocycles. The lowest BCUT2D eigenvalue weighted by Gasteiger charge is -2.42. The number of halogens is 1. The van der Waals surface area contributed by atoms with Crippen molar-refractivity contribution in [3.8, 4) is 0 Å². The van der Waals surface area contributed by atoms with Gasteiger partial charge < -0.3 is 10.4 Å². The predicted octanol–water partition coefficient (Wildman–Crippen LogP) is 5.30. The first-order valence-corrected chi connectivity index (χ1v) is 9.17. The van der Waals surface area contributed by atoms with Crippen molar-refractivity contribution in [3.63, 3.8) is 0 Å². The Bertz CT molecular complexity index is 890. The number of anilines is 1. The van der Waals surface area contributed by atoms with Gasteiger partial charge in [-0.05, 0) is 60.1 Å². The van der Waals surface area contributed by atoms with Crippen LogP contribution in [0.4, 0.5) is 10.1 Å². The Morgan fingerprint density at radius 2 is 2.12 bits per heavy atom. The number of hydrogen-bond acceptors (Lipinski definition) is 2. The molecule has 134 valence electrons. The number of fused-ring (bicyclic) bond motifs is 3. The van der Waals surface area contributed by atoms with Gasteiger partial charge in [-0.15, -0.1) is 0 Å². The summed E-state index contributed by atoms with van der Waals surface area (Å²) < 4.78 is 14.3. The summed E-state index contributed by atoms with van der Waals surface area (Å²) in [5.41, 5.74) is 4.24. The second-order valence-electron chi connectivity index (χ2n) is 7.14. The first-order valence-electron chi connectivity index (χ1n) is 9.17. The second-order valence-corrected chi connectivity index (χ2v) is 7.14. The maximum Gasteiger partial charge on any atom is 0.338 e. The molecule has 26 heavy (non-hydrogen) atoms. The minimum absolute atomic E-state index is 0.0257. The van der Waals surface area contributed by atoms with Gasteiger partial charge in [0.2, 0.25) is 0 Å². The number of carbonyl (C=O) groups is 1. The molecule has 2 aliphatic rings. The van der Waals surface area contributed by atoms with Crippen LogP contribution in [0.5, 0.6) is 0 Å². The molecule has 1 aliphatic carbocycles. The van der Waals surface area contributed by atoms with Crippen molar-refractivity contribution in [2.75, 3.05) is 5.32 Å². The van der Waals surface area contributed by atoms with Crippen LogP contribution >= 0.6 is 0 Å². The molecule has 3 nitrogen and oxygen atoms in total. The number of nitrogens with one attached hydrogen (secondary N) is 1. The molecule has 0 saturated heterocycles. The van der Waals surface area contributed by atoms with Gasteiger partial charge in [-0.25, -0.2) is 9.18 Å². The van der Waals surface area contributed by atoms with Crippen molar-refractivity contribution < 1.29 is 14.3 Å². The average Bonchev–Trinajstić information content (AvgIpc) is 2.66. The lowest BCUT2D eigenvalue weighted by atomic mass is 9.70. The second kappa shape index (κ2) is 6.60. The van der Waals surface area contributed by atoms with Gasteiger partial charge in [0.05, 0.1) is 11.6 Å². The summed E-state index contributed by atoms with van der Waals surface area (Å²) in [7, 11) is 0. The van der Waals surface area contributed by atoms with Crippen LogP contribution in [0.25, 0.3) is 0 Å². The van der Waals surface area contributed by atoms with E-state index in [1.807, 2.05) is 0 Å². The van der Waals surface area contributed by atoms with Crippen LogP contribution < -0.4 is 5.32 Å². The Morgan fingerprint density at radius 1 is 1.27 bits per heavy atom. The van der Waals surface area contributed by atoms with Gasteiger partial charge in [0.15, 0.2) is 0 Å². The number of carboxylic acids is 1. The number of allylic oxidation sites excluding steroid dienone is 2. The van der Waals surface area contributed by atoms with Gasteiger partial charge in [-0.3, -0.25) is 0 Å². The predicted molar refractivity (Wildman–Crippen MR) is 100 cm³/mol. The molecule has 1 aliphatic heterocycles. The zero-order valence-corrected chi connectivity index (χ0v) is 14.7. The van der Waals surface area contributed by atoms with E-state index < -0.39 is 11.8 Å². The SMILES string of the molecule is CCc1ccc2c(c1)[C@@H]1C=CCC[C@@H]1[C@@H](c1ccc(C(=O)O)c(F)c1)N2. The van der Waals surface area contributed by atoms with E-state index in [1.165, 1.54) is 23.3 Å². The highest BCUT2D eigenvalue weighted by Crippen LogP contribution is 2.49. The standard InChI is InChI=1S/C22H22FNO2/c1-2-13-7-10-20-18(11-13)15-5-3-4-6-16(15)21(24-20)14-8-9-17(22(25)26)19(23)12-14/h3,5,7-12,15-16,21,24H,2,4,6H2,1H3,(H,25,26)/t15-,16+,21-/m1/s1. The molecule has 1 heterocycles.